The average molecular weight is 202 g/mol. The maximum Gasteiger partial charge on any atom is 0.0931 e. The van der Waals surface area contributed by atoms with Gasteiger partial charge in [0.1, 0.15) is 0 Å². The molecule has 15 heavy (non-hydrogen) atoms. The topological polar surface area (TPSA) is 28.7 Å². The van der Waals surface area contributed by atoms with E-state index in [2.05, 4.69) is 62.0 Å². The fraction of sp³-hybridized carbons (Fsp3) is 0.462. The van der Waals surface area contributed by atoms with Crippen LogP contribution in [0.1, 0.15) is 39.1 Å². The summed E-state index contributed by atoms with van der Waals surface area (Å²) in [5.74, 6) is 0. The van der Waals surface area contributed by atoms with Crippen LogP contribution in [0.4, 0.5) is 0 Å². The van der Waals surface area contributed by atoms with Crippen LogP contribution in [0.3, 0.4) is 0 Å². The highest BCUT2D eigenvalue weighted by atomic mass is 14.9. The number of nitrogens with zero attached hydrogens (tertiary/aromatic N) is 1. The lowest BCUT2D eigenvalue weighted by molar-refractivity contribution is 0.230. The average Bonchev–Trinajstić information content (AvgIpc) is 2.51. The van der Waals surface area contributed by atoms with Crippen LogP contribution in [0.5, 0.6) is 0 Å². The van der Waals surface area contributed by atoms with Gasteiger partial charge in [-0.2, -0.15) is 0 Å². The molecule has 1 aromatic rings. The molecule has 0 amide bonds. The molecular formula is C13H18N2. The molecule has 0 saturated heterocycles. The fourth-order valence-corrected chi connectivity index (χ4v) is 1.65. The van der Waals surface area contributed by atoms with Gasteiger partial charge in [-0.15, -0.1) is 0 Å². The molecule has 1 aliphatic rings. The third-order valence-corrected chi connectivity index (χ3v) is 3.50. The molecule has 2 heteroatoms. The molecule has 1 aliphatic carbocycles. The minimum Gasteiger partial charge on any atom is -0.345 e. The molecule has 80 valence electrons. The summed E-state index contributed by atoms with van der Waals surface area (Å²) in [7, 11) is 0. The van der Waals surface area contributed by atoms with Crippen LogP contribution in [-0.4, -0.2) is 9.97 Å². The predicted octanol–water partition coefficient (Wildman–Crippen LogP) is 3.50. The summed E-state index contributed by atoms with van der Waals surface area (Å²) in [5, 5.41) is 0. The molecule has 1 aromatic heterocycles. The molecular weight excluding hydrogens is 184 g/mol. The van der Waals surface area contributed by atoms with E-state index in [0.29, 0.717) is 0 Å². The lowest BCUT2D eigenvalue weighted by Gasteiger charge is -2.36. The molecule has 1 unspecified atom stereocenters. The van der Waals surface area contributed by atoms with Gasteiger partial charge in [-0.25, -0.2) is 4.98 Å². The number of aromatic nitrogens is 2. The molecule has 2 rings (SSSR count). The van der Waals surface area contributed by atoms with E-state index in [0.717, 1.165) is 11.4 Å². The third-order valence-electron chi connectivity index (χ3n) is 3.50. The summed E-state index contributed by atoms with van der Waals surface area (Å²) in [5.41, 5.74) is 2.41. The van der Waals surface area contributed by atoms with Crippen molar-refractivity contribution in [2.45, 2.75) is 27.7 Å². The molecule has 1 N–H and O–H groups in total. The Balaban J connectivity index is 2.45. The van der Waals surface area contributed by atoms with Crippen molar-refractivity contribution in [2.75, 3.05) is 0 Å². The maximum absolute atomic E-state index is 4.27. The van der Waals surface area contributed by atoms with Crippen LogP contribution in [0.25, 0.3) is 12.2 Å². The fourth-order valence-electron chi connectivity index (χ4n) is 1.65. The van der Waals surface area contributed by atoms with Crippen molar-refractivity contribution < 1.29 is 0 Å². The first-order valence-electron chi connectivity index (χ1n) is 5.34. The molecule has 0 aromatic carbocycles. The van der Waals surface area contributed by atoms with Crippen molar-refractivity contribution in [3.8, 4) is 0 Å². The van der Waals surface area contributed by atoms with Gasteiger partial charge in [-0.05, 0) is 17.6 Å². The summed E-state index contributed by atoms with van der Waals surface area (Å²) >= 11 is 0. The quantitative estimate of drug-likeness (QED) is 0.685. The van der Waals surface area contributed by atoms with Crippen LogP contribution >= 0.6 is 0 Å². The standard InChI is InChI=1S/C13H18N2/c1-12(2,3)13(4)7-5-10-11(6-8-13)15-9-14-10/h5-9H,1-4H3,(H,14,15). The predicted molar refractivity (Wildman–Crippen MR) is 64.2 cm³/mol. The van der Waals surface area contributed by atoms with E-state index < -0.39 is 0 Å². The zero-order valence-electron chi connectivity index (χ0n) is 9.83. The number of hydrogen-bond acceptors (Lipinski definition) is 1. The van der Waals surface area contributed by atoms with E-state index >= 15 is 0 Å². The van der Waals surface area contributed by atoms with Gasteiger partial charge in [0, 0.05) is 5.41 Å². The van der Waals surface area contributed by atoms with Gasteiger partial charge in [0.05, 0.1) is 17.7 Å². The van der Waals surface area contributed by atoms with E-state index in [4.69, 9.17) is 0 Å². The van der Waals surface area contributed by atoms with Crippen molar-refractivity contribution in [3.05, 3.63) is 29.9 Å². The number of fused-ring (bicyclic) bond motifs is 1. The second-order valence-electron chi connectivity index (χ2n) is 5.40. The summed E-state index contributed by atoms with van der Waals surface area (Å²) in [6.45, 7) is 9.03. The first kappa shape index (κ1) is 10.2. The summed E-state index contributed by atoms with van der Waals surface area (Å²) in [4.78, 5) is 7.41. The molecule has 0 bridgehead atoms. The lowest BCUT2D eigenvalue weighted by atomic mass is 9.68. The molecule has 0 aliphatic heterocycles. The van der Waals surface area contributed by atoms with Crippen molar-refractivity contribution in [1.29, 1.82) is 0 Å². The Bertz CT molecular complexity index is 387. The number of imidazole rings is 1. The largest absolute Gasteiger partial charge is 0.345 e. The second kappa shape index (κ2) is 3.09. The molecule has 1 heterocycles. The van der Waals surface area contributed by atoms with Gasteiger partial charge in [-0.1, -0.05) is 39.8 Å². The monoisotopic (exact) mass is 202 g/mol. The van der Waals surface area contributed by atoms with E-state index in [-0.39, 0.29) is 10.8 Å². The number of rotatable bonds is 0. The Hall–Kier alpha value is -1.31. The Labute approximate surface area is 91.1 Å². The first-order chi connectivity index (χ1) is 6.92. The second-order valence-corrected chi connectivity index (χ2v) is 5.40. The summed E-state index contributed by atoms with van der Waals surface area (Å²) in [6, 6.07) is 0. The zero-order valence-corrected chi connectivity index (χ0v) is 9.83. The van der Waals surface area contributed by atoms with Crippen LogP contribution in [0.15, 0.2) is 18.5 Å². The third kappa shape index (κ3) is 1.65. The Morgan fingerprint density at radius 1 is 1.20 bits per heavy atom. The minimum atomic E-state index is 0.0779. The van der Waals surface area contributed by atoms with E-state index in [9.17, 15) is 0 Å². The first-order valence-corrected chi connectivity index (χ1v) is 5.34. The Morgan fingerprint density at radius 2 is 1.87 bits per heavy atom. The van der Waals surface area contributed by atoms with Crippen molar-refractivity contribution in [3.63, 3.8) is 0 Å². The van der Waals surface area contributed by atoms with Crippen molar-refractivity contribution in [2.24, 2.45) is 10.8 Å². The van der Waals surface area contributed by atoms with Crippen LogP contribution in [0.2, 0.25) is 0 Å². The SMILES string of the molecule is CC(C)(C)C1(C)C=Cc2nc[nH]c2C=C1. The van der Waals surface area contributed by atoms with Crippen LogP contribution < -0.4 is 0 Å². The van der Waals surface area contributed by atoms with Crippen LogP contribution in [0, 0.1) is 10.8 Å². The Morgan fingerprint density at radius 3 is 2.53 bits per heavy atom. The molecule has 0 spiro atoms. The molecule has 0 saturated carbocycles. The number of nitrogens with one attached hydrogen (secondary N) is 1. The lowest BCUT2D eigenvalue weighted by Crippen LogP contribution is -2.28. The van der Waals surface area contributed by atoms with Gasteiger partial charge in [-0.3, -0.25) is 0 Å². The normalized spacial score (nSPS) is 18.7. The number of aromatic amines is 1. The smallest absolute Gasteiger partial charge is 0.0931 e. The van der Waals surface area contributed by atoms with Gasteiger partial charge in [0.2, 0.25) is 0 Å². The van der Waals surface area contributed by atoms with Gasteiger partial charge in [0.15, 0.2) is 0 Å². The van der Waals surface area contributed by atoms with Crippen molar-refractivity contribution >= 4 is 12.2 Å². The molecule has 0 radical (unpaired) electrons. The molecule has 1 atom stereocenters. The number of hydrogen-bond donors (Lipinski definition) is 1. The van der Waals surface area contributed by atoms with E-state index in [1.54, 1.807) is 6.33 Å². The number of allylic oxidation sites excluding steroid dienone is 2. The van der Waals surface area contributed by atoms with Crippen LogP contribution in [-0.2, 0) is 0 Å². The molecule has 0 fully saturated rings. The maximum atomic E-state index is 4.27. The van der Waals surface area contributed by atoms with Gasteiger partial charge >= 0.3 is 0 Å². The Kier molecular flexibility index (Phi) is 2.10. The molecule has 2 nitrogen and oxygen atoms in total. The summed E-state index contributed by atoms with van der Waals surface area (Å²) < 4.78 is 0. The van der Waals surface area contributed by atoms with E-state index in [1.165, 1.54) is 0 Å². The summed E-state index contributed by atoms with van der Waals surface area (Å²) in [6.07, 6.45) is 10.5. The van der Waals surface area contributed by atoms with Gasteiger partial charge in [0.25, 0.3) is 0 Å². The highest BCUT2D eigenvalue weighted by molar-refractivity contribution is 5.63. The van der Waals surface area contributed by atoms with E-state index in [1.807, 2.05) is 0 Å². The highest BCUT2D eigenvalue weighted by Crippen LogP contribution is 2.42. The minimum absolute atomic E-state index is 0.0779. The van der Waals surface area contributed by atoms with Gasteiger partial charge < -0.3 is 4.98 Å². The van der Waals surface area contributed by atoms with Crippen molar-refractivity contribution in [1.82, 2.24) is 9.97 Å². The zero-order chi connectivity index (χ0) is 11.1. The number of H-pyrrole nitrogens is 1. The highest BCUT2D eigenvalue weighted by Gasteiger charge is 2.33.